The van der Waals surface area contributed by atoms with Gasteiger partial charge in [-0.3, -0.25) is 0 Å². The van der Waals surface area contributed by atoms with Gasteiger partial charge in [0.25, 0.3) is 0 Å². The third kappa shape index (κ3) is 3.35. The zero-order chi connectivity index (χ0) is 17.2. The Morgan fingerprint density at radius 1 is 1.12 bits per heavy atom. The van der Waals surface area contributed by atoms with Gasteiger partial charge in [0, 0.05) is 15.8 Å². The molecular formula is C20H20BrN2OS+. The number of hydrogen-bond acceptors (Lipinski definition) is 2. The zero-order valence-electron chi connectivity index (χ0n) is 14.1. The van der Waals surface area contributed by atoms with Gasteiger partial charge in [-0.1, -0.05) is 15.9 Å². The number of fused-ring (bicyclic) bond motifs is 1. The number of ether oxygens (including phenoxy) is 1. The number of rotatable bonds is 4. The number of aromatic nitrogens is 2. The van der Waals surface area contributed by atoms with E-state index in [4.69, 9.17) is 4.74 Å². The summed E-state index contributed by atoms with van der Waals surface area (Å²) < 4.78 is 11.4. The monoisotopic (exact) mass is 415 g/mol. The van der Waals surface area contributed by atoms with Crippen LogP contribution in [0.1, 0.15) is 13.3 Å². The van der Waals surface area contributed by atoms with Crippen molar-refractivity contribution in [1.29, 1.82) is 0 Å². The summed E-state index contributed by atoms with van der Waals surface area (Å²) in [4.78, 5) is 0. The number of halogens is 1. The summed E-state index contributed by atoms with van der Waals surface area (Å²) in [5.74, 6) is 2.09. The van der Waals surface area contributed by atoms with Crippen molar-refractivity contribution in [3.8, 4) is 22.7 Å². The van der Waals surface area contributed by atoms with Crippen LogP contribution >= 0.6 is 27.7 Å². The molecule has 3 nitrogen and oxygen atoms in total. The number of benzene rings is 2. The SMILES string of the molecule is CCOc1ccc(-c2c[n+]3c(n2-c2ccc(Br)cc2)SCCC3)cc1. The van der Waals surface area contributed by atoms with Gasteiger partial charge in [-0.15, -0.1) is 0 Å². The fourth-order valence-electron chi connectivity index (χ4n) is 3.13. The standard InChI is InChI=1S/C20H20BrN2OS/c1-2-24-18-10-4-15(5-11-18)19-14-22-12-3-13-25-20(22)23(19)17-8-6-16(21)7-9-17/h4-11,14H,2-3,12-13H2,1H3/q+1. The summed E-state index contributed by atoms with van der Waals surface area (Å²) in [5, 5.41) is 1.30. The van der Waals surface area contributed by atoms with Crippen molar-refractivity contribution in [2.45, 2.75) is 25.0 Å². The molecule has 5 heteroatoms. The highest BCUT2D eigenvalue weighted by atomic mass is 79.9. The highest BCUT2D eigenvalue weighted by Crippen LogP contribution is 2.32. The fraction of sp³-hybridized carbons (Fsp3) is 0.250. The molecular weight excluding hydrogens is 396 g/mol. The van der Waals surface area contributed by atoms with E-state index >= 15 is 0 Å². The van der Waals surface area contributed by atoms with Crippen molar-refractivity contribution < 1.29 is 9.30 Å². The first kappa shape index (κ1) is 16.7. The predicted molar refractivity (Wildman–Crippen MR) is 106 cm³/mol. The van der Waals surface area contributed by atoms with Crippen molar-refractivity contribution in [2.75, 3.05) is 12.4 Å². The third-order valence-corrected chi connectivity index (χ3v) is 5.97. The van der Waals surface area contributed by atoms with Gasteiger partial charge < -0.3 is 4.74 Å². The molecule has 4 rings (SSSR count). The second-order valence-corrected chi connectivity index (χ2v) is 7.94. The molecule has 0 amide bonds. The van der Waals surface area contributed by atoms with Crippen LogP contribution in [-0.4, -0.2) is 16.9 Å². The molecule has 2 heterocycles. The van der Waals surface area contributed by atoms with E-state index in [0.29, 0.717) is 6.61 Å². The molecule has 1 aliphatic rings. The van der Waals surface area contributed by atoms with Crippen LogP contribution in [0.25, 0.3) is 16.9 Å². The van der Waals surface area contributed by atoms with Crippen LogP contribution in [0.15, 0.2) is 64.4 Å². The number of aryl methyl sites for hydroxylation is 1. The Hall–Kier alpha value is -1.72. The highest BCUT2D eigenvalue weighted by Gasteiger charge is 2.28. The molecule has 0 saturated heterocycles. The van der Waals surface area contributed by atoms with Gasteiger partial charge in [0.2, 0.25) is 0 Å². The summed E-state index contributed by atoms with van der Waals surface area (Å²) in [6, 6.07) is 16.9. The molecule has 1 aromatic heterocycles. The lowest BCUT2D eigenvalue weighted by atomic mass is 10.1. The first-order valence-corrected chi connectivity index (χ1v) is 10.3. The average Bonchev–Trinajstić information content (AvgIpc) is 3.03. The molecule has 0 aliphatic carbocycles. The maximum absolute atomic E-state index is 5.58. The van der Waals surface area contributed by atoms with Gasteiger partial charge >= 0.3 is 5.16 Å². The van der Waals surface area contributed by atoms with Crippen LogP contribution in [0, 0.1) is 0 Å². The zero-order valence-corrected chi connectivity index (χ0v) is 16.5. The quantitative estimate of drug-likeness (QED) is 0.552. The molecule has 0 radical (unpaired) electrons. The molecule has 0 N–H and O–H groups in total. The molecule has 2 aromatic carbocycles. The Morgan fingerprint density at radius 2 is 1.88 bits per heavy atom. The van der Waals surface area contributed by atoms with E-state index in [1.165, 1.54) is 34.3 Å². The lowest BCUT2D eigenvalue weighted by Gasteiger charge is -2.09. The van der Waals surface area contributed by atoms with Crippen molar-refractivity contribution in [1.82, 2.24) is 4.57 Å². The minimum Gasteiger partial charge on any atom is -0.494 e. The van der Waals surface area contributed by atoms with Crippen LogP contribution in [-0.2, 0) is 6.54 Å². The number of hydrogen-bond donors (Lipinski definition) is 0. The lowest BCUT2D eigenvalue weighted by Crippen LogP contribution is -2.37. The normalized spacial score (nSPS) is 13.5. The Kier molecular flexibility index (Phi) is 4.86. The molecule has 1 aliphatic heterocycles. The predicted octanol–water partition coefficient (Wildman–Crippen LogP) is 5.09. The molecule has 0 atom stereocenters. The van der Waals surface area contributed by atoms with Crippen LogP contribution in [0.2, 0.25) is 0 Å². The molecule has 3 aromatic rings. The molecule has 0 bridgehead atoms. The van der Waals surface area contributed by atoms with Gasteiger partial charge in [-0.25, -0.2) is 4.57 Å². The van der Waals surface area contributed by atoms with Gasteiger partial charge in [0.1, 0.15) is 17.6 Å². The van der Waals surface area contributed by atoms with Crippen LogP contribution in [0.5, 0.6) is 5.75 Å². The third-order valence-electron chi connectivity index (χ3n) is 4.28. The minimum atomic E-state index is 0.690. The molecule has 25 heavy (non-hydrogen) atoms. The maximum atomic E-state index is 5.58. The minimum absolute atomic E-state index is 0.690. The fourth-order valence-corrected chi connectivity index (χ4v) is 4.49. The summed E-state index contributed by atoms with van der Waals surface area (Å²) >= 11 is 5.47. The molecule has 0 unspecified atom stereocenters. The Morgan fingerprint density at radius 3 is 2.60 bits per heavy atom. The Labute approximate surface area is 160 Å². The van der Waals surface area contributed by atoms with Crippen molar-refractivity contribution in [2.24, 2.45) is 0 Å². The second-order valence-electron chi connectivity index (χ2n) is 5.96. The number of imidazole rings is 1. The van der Waals surface area contributed by atoms with Crippen LogP contribution < -0.4 is 9.30 Å². The topological polar surface area (TPSA) is 18.0 Å². The first-order chi connectivity index (χ1) is 12.3. The number of thioether (sulfide) groups is 1. The molecule has 128 valence electrons. The molecule has 0 spiro atoms. The maximum Gasteiger partial charge on any atom is 0.323 e. The van der Waals surface area contributed by atoms with E-state index in [1.54, 1.807) is 0 Å². The van der Waals surface area contributed by atoms with E-state index < -0.39 is 0 Å². The molecule has 0 fully saturated rings. The summed E-state index contributed by atoms with van der Waals surface area (Å²) in [6.07, 6.45) is 3.49. The highest BCUT2D eigenvalue weighted by molar-refractivity contribution is 9.10. The van der Waals surface area contributed by atoms with Crippen molar-refractivity contribution >= 4 is 27.7 Å². The summed E-state index contributed by atoms with van der Waals surface area (Å²) in [7, 11) is 0. The second kappa shape index (κ2) is 7.26. The Bertz CT molecular complexity index is 872. The average molecular weight is 416 g/mol. The largest absolute Gasteiger partial charge is 0.494 e. The van der Waals surface area contributed by atoms with E-state index in [9.17, 15) is 0 Å². The molecule has 0 saturated carbocycles. The van der Waals surface area contributed by atoms with Crippen LogP contribution in [0.3, 0.4) is 0 Å². The lowest BCUT2D eigenvalue weighted by molar-refractivity contribution is -0.734. The van der Waals surface area contributed by atoms with E-state index in [2.05, 4.69) is 79.8 Å². The van der Waals surface area contributed by atoms with Gasteiger partial charge in [-0.05, 0) is 73.6 Å². The van der Waals surface area contributed by atoms with Gasteiger partial charge in [-0.2, -0.15) is 4.57 Å². The van der Waals surface area contributed by atoms with Crippen molar-refractivity contribution in [3.05, 3.63) is 59.2 Å². The van der Waals surface area contributed by atoms with Crippen LogP contribution in [0.4, 0.5) is 0 Å². The van der Waals surface area contributed by atoms with Crippen molar-refractivity contribution in [3.63, 3.8) is 0 Å². The first-order valence-electron chi connectivity index (χ1n) is 8.53. The summed E-state index contributed by atoms with van der Waals surface area (Å²) in [6.45, 7) is 3.78. The van der Waals surface area contributed by atoms with E-state index in [-0.39, 0.29) is 0 Å². The number of nitrogens with zero attached hydrogens (tertiary/aromatic N) is 2. The van der Waals surface area contributed by atoms with Gasteiger partial charge in [0.15, 0.2) is 5.69 Å². The summed E-state index contributed by atoms with van der Waals surface area (Å²) in [5.41, 5.74) is 3.61. The smallest absolute Gasteiger partial charge is 0.323 e. The van der Waals surface area contributed by atoms with E-state index in [0.717, 1.165) is 16.8 Å². The van der Waals surface area contributed by atoms with Gasteiger partial charge in [0.05, 0.1) is 13.2 Å². The van der Waals surface area contributed by atoms with E-state index in [1.807, 2.05) is 18.7 Å². The Balaban J connectivity index is 1.84.